The number of methoxy groups -OCH3 is 1. The Morgan fingerprint density at radius 3 is 2.65 bits per heavy atom. The van der Waals surface area contributed by atoms with E-state index in [9.17, 15) is 0 Å². The van der Waals surface area contributed by atoms with Crippen molar-refractivity contribution in [2.75, 3.05) is 25.5 Å². The molecule has 1 saturated heterocycles. The molecule has 3 aromatic heterocycles. The number of rotatable bonds is 5. The van der Waals surface area contributed by atoms with Crippen molar-refractivity contribution >= 4 is 22.3 Å². The summed E-state index contributed by atoms with van der Waals surface area (Å²) in [7, 11) is 1.63. The summed E-state index contributed by atoms with van der Waals surface area (Å²) in [6.07, 6.45) is 6.04. The minimum atomic E-state index is 0.616. The SMILES string of the molecule is COc1ccc(-c2csc(Nc3ccc(C4CCNCC4)cn3)n2)nc1. The Hall–Kier alpha value is -2.51. The van der Waals surface area contributed by atoms with Crippen molar-refractivity contribution in [3.63, 3.8) is 0 Å². The quantitative estimate of drug-likeness (QED) is 0.714. The summed E-state index contributed by atoms with van der Waals surface area (Å²) >= 11 is 1.54. The van der Waals surface area contributed by atoms with E-state index < -0.39 is 0 Å². The molecule has 0 amide bonds. The zero-order valence-corrected chi connectivity index (χ0v) is 15.4. The second-order valence-electron chi connectivity index (χ2n) is 6.25. The molecule has 1 aliphatic heterocycles. The van der Waals surface area contributed by atoms with Gasteiger partial charge >= 0.3 is 0 Å². The molecule has 0 bridgehead atoms. The van der Waals surface area contributed by atoms with Crippen molar-refractivity contribution in [2.24, 2.45) is 0 Å². The van der Waals surface area contributed by atoms with Crippen LogP contribution < -0.4 is 15.4 Å². The third-order valence-corrected chi connectivity index (χ3v) is 5.33. The van der Waals surface area contributed by atoms with Crippen LogP contribution in [-0.4, -0.2) is 35.2 Å². The van der Waals surface area contributed by atoms with Crippen LogP contribution >= 0.6 is 11.3 Å². The highest BCUT2D eigenvalue weighted by Crippen LogP contribution is 2.28. The van der Waals surface area contributed by atoms with Gasteiger partial charge in [0.2, 0.25) is 0 Å². The highest BCUT2D eigenvalue weighted by Gasteiger charge is 2.15. The van der Waals surface area contributed by atoms with Gasteiger partial charge in [0.1, 0.15) is 17.3 Å². The van der Waals surface area contributed by atoms with E-state index in [0.717, 1.165) is 41.2 Å². The summed E-state index contributed by atoms with van der Waals surface area (Å²) in [5.41, 5.74) is 2.98. The van der Waals surface area contributed by atoms with Crippen LogP contribution in [0.2, 0.25) is 0 Å². The maximum absolute atomic E-state index is 5.14. The molecule has 6 nitrogen and oxygen atoms in total. The molecule has 3 aromatic rings. The smallest absolute Gasteiger partial charge is 0.188 e. The van der Waals surface area contributed by atoms with Gasteiger partial charge in [0, 0.05) is 11.6 Å². The molecule has 0 spiro atoms. The molecule has 4 rings (SSSR count). The fourth-order valence-electron chi connectivity index (χ4n) is 3.09. The molecule has 134 valence electrons. The third kappa shape index (κ3) is 3.84. The van der Waals surface area contributed by atoms with Gasteiger partial charge in [-0.05, 0) is 55.6 Å². The number of hydrogen-bond acceptors (Lipinski definition) is 7. The van der Waals surface area contributed by atoms with Crippen LogP contribution in [0.5, 0.6) is 5.75 Å². The molecular formula is C19H21N5OS. The van der Waals surface area contributed by atoms with Crippen LogP contribution in [-0.2, 0) is 0 Å². The summed E-state index contributed by atoms with van der Waals surface area (Å²) in [6.45, 7) is 2.18. The van der Waals surface area contributed by atoms with Crippen LogP contribution in [0.15, 0.2) is 42.0 Å². The lowest BCUT2D eigenvalue weighted by atomic mass is 9.91. The molecule has 0 unspecified atom stereocenters. The number of piperidine rings is 1. The average molecular weight is 367 g/mol. The van der Waals surface area contributed by atoms with Gasteiger partial charge in [-0.15, -0.1) is 11.3 Å². The van der Waals surface area contributed by atoms with Crippen molar-refractivity contribution in [2.45, 2.75) is 18.8 Å². The summed E-state index contributed by atoms with van der Waals surface area (Å²) in [6, 6.07) is 7.99. The van der Waals surface area contributed by atoms with Crippen LogP contribution in [0.3, 0.4) is 0 Å². The van der Waals surface area contributed by atoms with E-state index in [0.29, 0.717) is 5.92 Å². The lowest BCUT2D eigenvalue weighted by Gasteiger charge is -2.22. The fraction of sp³-hybridized carbons (Fsp3) is 0.316. The number of anilines is 2. The number of thiazole rings is 1. The molecule has 1 aliphatic rings. The molecule has 1 fully saturated rings. The molecule has 0 saturated carbocycles. The second kappa shape index (κ2) is 7.80. The number of hydrogen-bond donors (Lipinski definition) is 2. The highest BCUT2D eigenvalue weighted by molar-refractivity contribution is 7.14. The lowest BCUT2D eigenvalue weighted by Crippen LogP contribution is -2.26. The van der Waals surface area contributed by atoms with Gasteiger partial charge in [0.25, 0.3) is 0 Å². The highest BCUT2D eigenvalue weighted by atomic mass is 32.1. The fourth-order valence-corrected chi connectivity index (χ4v) is 3.80. The van der Waals surface area contributed by atoms with Gasteiger partial charge in [-0.2, -0.15) is 0 Å². The molecule has 0 radical (unpaired) electrons. The predicted molar refractivity (Wildman–Crippen MR) is 104 cm³/mol. The molecule has 26 heavy (non-hydrogen) atoms. The maximum atomic E-state index is 5.14. The zero-order chi connectivity index (χ0) is 17.8. The van der Waals surface area contributed by atoms with Crippen LogP contribution in [0.4, 0.5) is 10.9 Å². The number of nitrogens with one attached hydrogen (secondary N) is 2. The Morgan fingerprint density at radius 1 is 1.08 bits per heavy atom. The number of pyridine rings is 2. The van der Waals surface area contributed by atoms with Crippen molar-refractivity contribution < 1.29 is 4.74 Å². The first-order valence-corrected chi connectivity index (χ1v) is 9.59. The average Bonchev–Trinajstić information content (AvgIpc) is 3.18. The van der Waals surface area contributed by atoms with Gasteiger partial charge in [0.15, 0.2) is 5.13 Å². The molecule has 4 heterocycles. The minimum Gasteiger partial charge on any atom is -0.495 e. The van der Waals surface area contributed by atoms with Crippen LogP contribution in [0, 0.1) is 0 Å². The van der Waals surface area contributed by atoms with E-state index in [1.807, 2.05) is 29.8 Å². The van der Waals surface area contributed by atoms with Gasteiger partial charge in [-0.25, -0.2) is 9.97 Å². The number of ether oxygens (including phenoxy) is 1. The van der Waals surface area contributed by atoms with Gasteiger partial charge in [-0.3, -0.25) is 4.98 Å². The first-order valence-electron chi connectivity index (χ1n) is 8.71. The Bertz CT molecular complexity index is 841. The molecular weight excluding hydrogens is 346 g/mol. The molecule has 2 N–H and O–H groups in total. The largest absolute Gasteiger partial charge is 0.495 e. The molecule has 0 atom stereocenters. The van der Waals surface area contributed by atoms with Crippen molar-refractivity contribution in [3.8, 4) is 17.1 Å². The zero-order valence-electron chi connectivity index (χ0n) is 14.6. The Balaban J connectivity index is 1.43. The molecule has 0 aromatic carbocycles. The van der Waals surface area contributed by atoms with Crippen LogP contribution in [0.1, 0.15) is 24.3 Å². The maximum Gasteiger partial charge on any atom is 0.188 e. The molecule has 0 aliphatic carbocycles. The van der Waals surface area contributed by atoms with Crippen molar-refractivity contribution in [1.82, 2.24) is 20.3 Å². The monoisotopic (exact) mass is 367 g/mol. The Kier molecular flexibility index (Phi) is 5.08. The van der Waals surface area contributed by atoms with E-state index in [2.05, 4.69) is 31.7 Å². The van der Waals surface area contributed by atoms with Gasteiger partial charge in [0.05, 0.1) is 19.0 Å². The van der Waals surface area contributed by atoms with Crippen molar-refractivity contribution in [1.29, 1.82) is 0 Å². The van der Waals surface area contributed by atoms with Gasteiger partial charge in [-0.1, -0.05) is 6.07 Å². The third-order valence-electron chi connectivity index (χ3n) is 4.57. The first kappa shape index (κ1) is 16.9. The Morgan fingerprint density at radius 2 is 1.96 bits per heavy atom. The standard InChI is InChI=1S/C19H21N5OS/c1-25-15-3-4-16(21-11-15)17-12-26-19(23-17)24-18-5-2-14(10-22-18)13-6-8-20-9-7-13/h2-5,10-13,20H,6-9H2,1H3,(H,22,23,24). The molecule has 7 heteroatoms. The summed E-state index contributed by atoms with van der Waals surface area (Å²) in [4.78, 5) is 13.5. The number of aromatic nitrogens is 3. The van der Waals surface area contributed by atoms with Gasteiger partial charge < -0.3 is 15.4 Å². The van der Waals surface area contributed by atoms with E-state index >= 15 is 0 Å². The minimum absolute atomic E-state index is 0.616. The Labute approximate surface area is 156 Å². The van der Waals surface area contributed by atoms with Crippen LogP contribution in [0.25, 0.3) is 11.4 Å². The summed E-state index contributed by atoms with van der Waals surface area (Å²) < 4.78 is 5.14. The van der Waals surface area contributed by atoms with E-state index in [1.54, 1.807) is 13.3 Å². The lowest BCUT2D eigenvalue weighted by molar-refractivity contribution is 0.413. The second-order valence-corrected chi connectivity index (χ2v) is 7.11. The topological polar surface area (TPSA) is 72.0 Å². The predicted octanol–water partition coefficient (Wildman–Crippen LogP) is 3.82. The van der Waals surface area contributed by atoms with Crippen molar-refractivity contribution in [3.05, 3.63) is 47.6 Å². The summed E-state index contributed by atoms with van der Waals surface area (Å²) in [5.74, 6) is 2.16. The normalized spacial score (nSPS) is 15.0. The van der Waals surface area contributed by atoms with E-state index in [-0.39, 0.29) is 0 Å². The van der Waals surface area contributed by atoms with E-state index in [1.165, 1.54) is 29.7 Å². The first-order chi connectivity index (χ1) is 12.8. The number of nitrogens with zero attached hydrogens (tertiary/aromatic N) is 3. The van der Waals surface area contributed by atoms with E-state index in [4.69, 9.17) is 4.74 Å². The summed E-state index contributed by atoms with van der Waals surface area (Å²) in [5, 5.41) is 9.47.